The summed E-state index contributed by atoms with van der Waals surface area (Å²) in [6, 6.07) is 7.56. The van der Waals surface area contributed by atoms with Crippen LogP contribution in [0.4, 0.5) is 0 Å². The number of nitrogens with one attached hydrogen (secondary N) is 1. The van der Waals surface area contributed by atoms with E-state index in [4.69, 9.17) is 5.21 Å². The summed E-state index contributed by atoms with van der Waals surface area (Å²) in [5.41, 5.74) is 3.16. The molecule has 6 nitrogen and oxygen atoms in total. The number of benzene rings is 1. The van der Waals surface area contributed by atoms with E-state index < -0.39 is 5.91 Å². The van der Waals surface area contributed by atoms with Crippen molar-refractivity contribution in [1.82, 2.24) is 15.3 Å². The van der Waals surface area contributed by atoms with Crippen molar-refractivity contribution < 1.29 is 14.8 Å². The molecule has 0 aliphatic carbocycles. The molecule has 0 aromatic heterocycles. The van der Waals surface area contributed by atoms with Gasteiger partial charge in [0.15, 0.2) is 0 Å². The number of piperazine rings is 1. The van der Waals surface area contributed by atoms with Crippen molar-refractivity contribution >= 4 is 11.8 Å². The van der Waals surface area contributed by atoms with Gasteiger partial charge in [-0.05, 0) is 31.5 Å². The number of amides is 2. The van der Waals surface area contributed by atoms with E-state index in [0.717, 1.165) is 25.2 Å². The molecule has 0 unspecified atom stereocenters. The lowest BCUT2D eigenvalue weighted by Gasteiger charge is -2.45. The van der Waals surface area contributed by atoms with Crippen molar-refractivity contribution in [1.29, 1.82) is 0 Å². The molecule has 1 heterocycles. The molecule has 0 saturated carbocycles. The van der Waals surface area contributed by atoms with E-state index in [1.807, 2.05) is 30.9 Å². The Morgan fingerprint density at radius 1 is 1.17 bits per heavy atom. The third kappa shape index (κ3) is 4.13. The molecule has 2 atom stereocenters. The van der Waals surface area contributed by atoms with Crippen molar-refractivity contribution in [3.8, 4) is 0 Å². The van der Waals surface area contributed by atoms with Crippen LogP contribution < -0.4 is 5.48 Å². The summed E-state index contributed by atoms with van der Waals surface area (Å²) in [6.07, 6.45) is 0. The lowest BCUT2D eigenvalue weighted by molar-refractivity contribution is -0.142. The summed E-state index contributed by atoms with van der Waals surface area (Å²) in [5, 5.41) is 8.65. The molecule has 0 bridgehead atoms. The van der Waals surface area contributed by atoms with Crippen molar-refractivity contribution in [2.75, 3.05) is 13.1 Å². The molecule has 0 spiro atoms. The summed E-state index contributed by atoms with van der Waals surface area (Å²) in [5.74, 6) is -0.273. The Morgan fingerprint density at radius 2 is 1.71 bits per heavy atom. The molecule has 1 aliphatic heterocycles. The fourth-order valence-corrected chi connectivity index (χ4v) is 3.38. The first-order valence-electron chi connectivity index (χ1n) is 8.41. The number of nitrogens with zero attached hydrogens (tertiary/aromatic N) is 2. The fourth-order valence-electron chi connectivity index (χ4n) is 3.38. The topological polar surface area (TPSA) is 72.9 Å². The molecule has 2 N–H and O–H groups in total. The highest BCUT2D eigenvalue weighted by atomic mass is 16.5. The maximum Gasteiger partial charge on any atom is 0.274 e. The molecule has 2 rings (SSSR count). The van der Waals surface area contributed by atoms with Gasteiger partial charge in [0.25, 0.3) is 5.91 Å². The third-order valence-corrected chi connectivity index (χ3v) is 4.47. The van der Waals surface area contributed by atoms with Crippen LogP contribution in [0.3, 0.4) is 0 Å². The van der Waals surface area contributed by atoms with Crippen LogP contribution in [0.25, 0.3) is 0 Å². The highest BCUT2D eigenvalue weighted by molar-refractivity contribution is 5.93. The predicted octanol–water partition coefficient (Wildman–Crippen LogP) is 1.88. The number of carbonyl (C=O) groups excluding carboxylic acids is 2. The number of rotatable bonds is 4. The quantitative estimate of drug-likeness (QED) is 0.652. The summed E-state index contributed by atoms with van der Waals surface area (Å²) in [4.78, 5) is 28.1. The molecule has 6 heteroatoms. The number of hydrogen-bond donors (Lipinski definition) is 2. The smallest absolute Gasteiger partial charge is 0.274 e. The van der Waals surface area contributed by atoms with Crippen LogP contribution in [0, 0.1) is 5.92 Å². The Kier molecular flexibility index (Phi) is 5.96. The van der Waals surface area contributed by atoms with E-state index in [2.05, 4.69) is 18.7 Å². The van der Waals surface area contributed by atoms with Gasteiger partial charge in [0.05, 0.1) is 0 Å². The Morgan fingerprint density at radius 3 is 2.17 bits per heavy atom. The van der Waals surface area contributed by atoms with E-state index in [1.54, 1.807) is 17.6 Å². The maximum atomic E-state index is 12.4. The van der Waals surface area contributed by atoms with Crippen LogP contribution in [-0.4, -0.2) is 52.0 Å². The van der Waals surface area contributed by atoms with Gasteiger partial charge in [-0.2, -0.15) is 0 Å². The van der Waals surface area contributed by atoms with E-state index in [1.165, 1.54) is 0 Å². The first-order valence-corrected chi connectivity index (χ1v) is 8.41. The van der Waals surface area contributed by atoms with E-state index >= 15 is 0 Å². The summed E-state index contributed by atoms with van der Waals surface area (Å²) >= 11 is 0. The Balaban J connectivity index is 2.00. The van der Waals surface area contributed by atoms with Crippen LogP contribution in [0.1, 0.15) is 43.6 Å². The SMILES string of the molecule is CC(C)C(=O)N1[C@H](C)CN(Cc2ccc(C(=O)NO)cc2)C[C@@H]1C. The van der Waals surface area contributed by atoms with Crippen LogP contribution in [0.5, 0.6) is 0 Å². The minimum atomic E-state index is -0.510. The standard InChI is InChI=1S/C18H27N3O3/c1-12(2)18(23)21-13(3)9-20(10-14(21)4)11-15-5-7-16(8-6-15)17(22)19-24/h5-8,12-14,24H,9-11H2,1-4H3,(H,19,22)/t13-,14+. The Hall–Kier alpha value is -1.92. The van der Waals surface area contributed by atoms with Gasteiger partial charge in [0.1, 0.15) is 0 Å². The second kappa shape index (κ2) is 7.77. The zero-order chi connectivity index (χ0) is 17.9. The van der Waals surface area contributed by atoms with E-state index in [0.29, 0.717) is 5.56 Å². The minimum absolute atomic E-state index is 0.0201. The van der Waals surface area contributed by atoms with E-state index in [9.17, 15) is 9.59 Å². The first-order chi connectivity index (χ1) is 11.3. The predicted molar refractivity (Wildman–Crippen MR) is 91.6 cm³/mol. The van der Waals surface area contributed by atoms with Crippen molar-refractivity contribution in [3.05, 3.63) is 35.4 Å². The van der Waals surface area contributed by atoms with Crippen molar-refractivity contribution in [2.45, 2.75) is 46.3 Å². The molecule has 132 valence electrons. The Labute approximate surface area is 143 Å². The largest absolute Gasteiger partial charge is 0.334 e. The normalized spacial score (nSPS) is 21.8. The summed E-state index contributed by atoms with van der Waals surface area (Å²) in [7, 11) is 0. The Bertz CT molecular complexity index is 574. The second-order valence-corrected chi connectivity index (χ2v) is 6.93. The van der Waals surface area contributed by atoms with Gasteiger partial charge in [-0.3, -0.25) is 19.7 Å². The average Bonchev–Trinajstić information content (AvgIpc) is 2.54. The molecule has 1 fully saturated rings. The lowest BCUT2D eigenvalue weighted by atomic mass is 10.0. The van der Waals surface area contributed by atoms with Crippen molar-refractivity contribution in [3.63, 3.8) is 0 Å². The van der Waals surface area contributed by atoms with Gasteiger partial charge < -0.3 is 4.90 Å². The van der Waals surface area contributed by atoms with Crippen LogP contribution in [0.2, 0.25) is 0 Å². The van der Waals surface area contributed by atoms with Gasteiger partial charge in [-0.1, -0.05) is 26.0 Å². The molecule has 1 saturated heterocycles. The maximum absolute atomic E-state index is 12.4. The molecule has 1 aliphatic rings. The van der Waals surface area contributed by atoms with Gasteiger partial charge in [-0.25, -0.2) is 5.48 Å². The van der Waals surface area contributed by atoms with Gasteiger partial charge in [0, 0.05) is 43.2 Å². The second-order valence-electron chi connectivity index (χ2n) is 6.93. The zero-order valence-corrected chi connectivity index (χ0v) is 14.8. The molecule has 2 amide bonds. The highest BCUT2D eigenvalue weighted by Crippen LogP contribution is 2.20. The highest BCUT2D eigenvalue weighted by Gasteiger charge is 2.33. The van der Waals surface area contributed by atoms with Crippen LogP contribution in [0.15, 0.2) is 24.3 Å². The number of hydrogen-bond acceptors (Lipinski definition) is 4. The van der Waals surface area contributed by atoms with Gasteiger partial charge in [0.2, 0.25) is 5.91 Å². The van der Waals surface area contributed by atoms with Crippen LogP contribution >= 0.6 is 0 Å². The van der Waals surface area contributed by atoms with E-state index in [-0.39, 0.29) is 23.9 Å². The fraction of sp³-hybridized carbons (Fsp3) is 0.556. The van der Waals surface area contributed by atoms with Gasteiger partial charge >= 0.3 is 0 Å². The summed E-state index contributed by atoms with van der Waals surface area (Å²) < 4.78 is 0. The van der Waals surface area contributed by atoms with Crippen LogP contribution in [-0.2, 0) is 11.3 Å². The number of carbonyl (C=O) groups is 2. The molecular weight excluding hydrogens is 306 g/mol. The zero-order valence-electron chi connectivity index (χ0n) is 14.8. The molecule has 1 aromatic rings. The molecule has 0 radical (unpaired) electrons. The molecule has 24 heavy (non-hydrogen) atoms. The minimum Gasteiger partial charge on any atom is -0.334 e. The van der Waals surface area contributed by atoms with Gasteiger partial charge in [-0.15, -0.1) is 0 Å². The summed E-state index contributed by atoms with van der Waals surface area (Å²) in [6.45, 7) is 10.5. The monoisotopic (exact) mass is 333 g/mol. The third-order valence-electron chi connectivity index (χ3n) is 4.47. The average molecular weight is 333 g/mol. The number of hydroxylamine groups is 1. The molecule has 1 aromatic carbocycles. The van der Waals surface area contributed by atoms with Crippen molar-refractivity contribution in [2.24, 2.45) is 5.92 Å². The molecular formula is C18H27N3O3. The first kappa shape index (κ1) is 18.4. The lowest BCUT2D eigenvalue weighted by Crippen LogP contribution is -2.59.